The summed E-state index contributed by atoms with van der Waals surface area (Å²) in [4.78, 5) is 26.0. The van der Waals surface area contributed by atoms with Crippen molar-refractivity contribution >= 4 is 27.5 Å². The minimum Gasteiger partial charge on any atom is -0.494 e. The first-order valence-corrected chi connectivity index (χ1v) is 10.7. The number of aromatic nitrogens is 2. The molecule has 1 aromatic carbocycles. The van der Waals surface area contributed by atoms with Crippen molar-refractivity contribution in [3.05, 3.63) is 51.8 Å². The van der Waals surface area contributed by atoms with Gasteiger partial charge in [-0.15, -0.1) is 11.3 Å². The zero-order valence-corrected chi connectivity index (χ0v) is 19.1. The lowest BCUT2D eigenvalue weighted by Crippen LogP contribution is -2.25. The number of nitrogens with zero attached hydrogens (tertiary/aromatic N) is 3. The van der Waals surface area contributed by atoms with E-state index in [1.165, 1.54) is 11.3 Å². The van der Waals surface area contributed by atoms with Crippen LogP contribution in [0.4, 0.5) is 0 Å². The Morgan fingerprint density at radius 3 is 2.38 bits per heavy atom. The Hall–Kier alpha value is -2.47. The molecule has 6 heteroatoms. The van der Waals surface area contributed by atoms with Crippen LogP contribution in [0.3, 0.4) is 0 Å². The van der Waals surface area contributed by atoms with E-state index in [0.29, 0.717) is 13.2 Å². The van der Waals surface area contributed by atoms with E-state index in [2.05, 4.69) is 20.8 Å². The summed E-state index contributed by atoms with van der Waals surface area (Å²) < 4.78 is 5.48. The molecule has 5 nitrogen and oxygen atoms in total. The van der Waals surface area contributed by atoms with Gasteiger partial charge in [0.1, 0.15) is 16.4 Å². The van der Waals surface area contributed by atoms with Crippen LogP contribution in [0.25, 0.3) is 10.2 Å². The third kappa shape index (κ3) is 4.42. The molecular formula is C23H29N3O2S. The van der Waals surface area contributed by atoms with Crippen molar-refractivity contribution in [1.82, 2.24) is 14.9 Å². The van der Waals surface area contributed by atoms with Crippen LogP contribution < -0.4 is 4.74 Å². The molecule has 0 saturated carbocycles. The van der Waals surface area contributed by atoms with Gasteiger partial charge >= 0.3 is 0 Å². The minimum absolute atomic E-state index is 0.0103. The topological polar surface area (TPSA) is 55.3 Å². The predicted octanol–water partition coefficient (Wildman–Crippen LogP) is 5.28. The molecule has 0 radical (unpaired) electrons. The highest BCUT2D eigenvalue weighted by molar-refractivity contribution is 7.20. The second-order valence-corrected chi connectivity index (χ2v) is 9.36. The molecule has 29 heavy (non-hydrogen) atoms. The average molecular weight is 412 g/mol. The summed E-state index contributed by atoms with van der Waals surface area (Å²) in [6, 6.07) is 7.87. The van der Waals surface area contributed by atoms with Gasteiger partial charge in [-0.05, 0) is 44.0 Å². The molecule has 0 unspecified atom stereocenters. The van der Waals surface area contributed by atoms with Gasteiger partial charge in [-0.2, -0.15) is 0 Å². The minimum atomic E-state index is -0.133. The van der Waals surface area contributed by atoms with Gasteiger partial charge in [0.25, 0.3) is 5.91 Å². The first-order chi connectivity index (χ1) is 13.6. The number of thiophene rings is 1. The van der Waals surface area contributed by atoms with Crippen molar-refractivity contribution in [2.45, 2.75) is 53.5 Å². The quantitative estimate of drug-likeness (QED) is 0.573. The van der Waals surface area contributed by atoms with Crippen LogP contribution in [0.15, 0.2) is 24.3 Å². The van der Waals surface area contributed by atoms with Crippen LogP contribution in [0.1, 0.15) is 60.0 Å². The number of aryl methyl sites for hydroxylation is 2. The van der Waals surface area contributed by atoms with E-state index in [0.717, 1.165) is 43.5 Å². The highest BCUT2D eigenvalue weighted by atomic mass is 32.1. The summed E-state index contributed by atoms with van der Waals surface area (Å²) in [6.45, 7) is 13.4. The molecule has 3 aromatic rings. The molecule has 154 valence electrons. The number of amides is 1. The molecule has 0 fully saturated rings. The summed E-state index contributed by atoms with van der Waals surface area (Å²) in [5.41, 5.74) is 2.83. The molecule has 0 bridgehead atoms. The maximum atomic E-state index is 13.2. The van der Waals surface area contributed by atoms with Gasteiger partial charge in [0.15, 0.2) is 0 Å². The summed E-state index contributed by atoms with van der Waals surface area (Å²) >= 11 is 1.46. The smallest absolute Gasteiger partial charge is 0.264 e. The summed E-state index contributed by atoms with van der Waals surface area (Å²) in [5, 5.41) is 1.00. The lowest BCUT2D eigenvalue weighted by atomic mass is 9.95. The van der Waals surface area contributed by atoms with E-state index in [4.69, 9.17) is 14.7 Å². The van der Waals surface area contributed by atoms with Crippen LogP contribution in [0, 0.1) is 13.8 Å². The third-order valence-corrected chi connectivity index (χ3v) is 6.01. The second kappa shape index (κ2) is 8.11. The maximum Gasteiger partial charge on any atom is 0.264 e. The van der Waals surface area contributed by atoms with Gasteiger partial charge in [0.05, 0.1) is 17.2 Å². The lowest BCUT2D eigenvalue weighted by Gasteiger charge is -2.17. The Balaban J connectivity index is 1.88. The fourth-order valence-corrected chi connectivity index (χ4v) is 4.48. The molecular weight excluding hydrogens is 382 g/mol. The molecule has 0 aliphatic rings. The van der Waals surface area contributed by atoms with E-state index in [1.54, 1.807) is 4.90 Å². The molecule has 0 aliphatic carbocycles. The van der Waals surface area contributed by atoms with Crippen molar-refractivity contribution in [1.29, 1.82) is 0 Å². The van der Waals surface area contributed by atoms with E-state index in [1.807, 2.05) is 52.1 Å². The van der Waals surface area contributed by atoms with Crippen LogP contribution in [0.2, 0.25) is 0 Å². The van der Waals surface area contributed by atoms with Crippen LogP contribution in [-0.2, 0) is 12.0 Å². The number of hydrogen-bond acceptors (Lipinski definition) is 5. The van der Waals surface area contributed by atoms with Crippen LogP contribution in [-0.4, -0.2) is 34.4 Å². The van der Waals surface area contributed by atoms with Gasteiger partial charge in [-0.3, -0.25) is 4.79 Å². The molecule has 0 atom stereocenters. The van der Waals surface area contributed by atoms with Gasteiger partial charge < -0.3 is 9.64 Å². The zero-order valence-electron chi connectivity index (χ0n) is 18.3. The fraction of sp³-hybridized carbons (Fsp3) is 0.435. The molecule has 3 rings (SSSR count). The Labute approximate surface area is 176 Å². The van der Waals surface area contributed by atoms with E-state index in [-0.39, 0.29) is 11.3 Å². The maximum absolute atomic E-state index is 13.2. The summed E-state index contributed by atoms with van der Waals surface area (Å²) in [6.07, 6.45) is 0. The van der Waals surface area contributed by atoms with E-state index >= 15 is 0 Å². The number of rotatable bonds is 5. The second-order valence-electron chi connectivity index (χ2n) is 8.36. The largest absolute Gasteiger partial charge is 0.494 e. The van der Waals surface area contributed by atoms with Crippen molar-refractivity contribution in [2.24, 2.45) is 0 Å². The first-order valence-electron chi connectivity index (χ1n) is 9.87. The zero-order chi connectivity index (χ0) is 21.3. The number of benzene rings is 1. The highest BCUT2D eigenvalue weighted by Gasteiger charge is 2.24. The number of carbonyl (C=O) groups excluding carboxylic acids is 1. The van der Waals surface area contributed by atoms with E-state index < -0.39 is 0 Å². The summed E-state index contributed by atoms with van der Waals surface area (Å²) in [7, 11) is 1.84. The van der Waals surface area contributed by atoms with Crippen molar-refractivity contribution in [3.8, 4) is 5.75 Å². The normalized spacial score (nSPS) is 11.7. The number of carbonyl (C=O) groups is 1. The van der Waals surface area contributed by atoms with Gasteiger partial charge in [0, 0.05) is 24.4 Å². The van der Waals surface area contributed by atoms with Crippen molar-refractivity contribution in [2.75, 3.05) is 13.7 Å². The lowest BCUT2D eigenvalue weighted by molar-refractivity contribution is 0.0789. The average Bonchev–Trinajstić information content (AvgIpc) is 2.99. The molecule has 0 aliphatic heterocycles. The van der Waals surface area contributed by atoms with Gasteiger partial charge in [-0.1, -0.05) is 32.9 Å². The number of ether oxygens (including phenoxy) is 1. The van der Waals surface area contributed by atoms with Crippen LogP contribution >= 0.6 is 11.3 Å². The predicted molar refractivity (Wildman–Crippen MR) is 119 cm³/mol. The number of hydrogen-bond donors (Lipinski definition) is 0. The number of fused-ring (bicyclic) bond motifs is 1. The molecule has 2 heterocycles. The van der Waals surface area contributed by atoms with Crippen molar-refractivity contribution < 1.29 is 9.53 Å². The Morgan fingerprint density at radius 1 is 1.14 bits per heavy atom. The fourth-order valence-electron chi connectivity index (χ4n) is 3.26. The van der Waals surface area contributed by atoms with Gasteiger partial charge in [0.2, 0.25) is 0 Å². The summed E-state index contributed by atoms with van der Waals surface area (Å²) in [5.74, 6) is 1.66. The third-order valence-electron chi connectivity index (χ3n) is 4.84. The highest BCUT2D eigenvalue weighted by Crippen LogP contribution is 2.34. The molecule has 0 spiro atoms. The van der Waals surface area contributed by atoms with Crippen LogP contribution in [0.5, 0.6) is 5.75 Å². The Kier molecular flexibility index (Phi) is 5.94. The molecule has 0 saturated heterocycles. The molecule has 0 N–H and O–H groups in total. The van der Waals surface area contributed by atoms with E-state index in [9.17, 15) is 4.79 Å². The van der Waals surface area contributed by atoms with Gasteiger partial charge in [-0.25, -0.2) is 9.97 Å². The molecule has 2 aromatic heterocycles. The first kappa shape index (κ1) is 21.2. The Morgan fingerprint density at radius 2 is 1.79 bits per heavy atom. The standard InChI is InChI=1S/C23H29N3O2S/c1-8-28-17-11-9-16(10-12-17)13-26(7)21(27)19-14(2)18-15(3)24-22(23(4,5)6)25-20(18)29-19/h9-12H,8,13H2,1-7H3. The van der Waals surface area contributed by atoms with Crippen molar-refractivity contribution in [3.63, 3.8) is 0 Å². The Bertz CT molecular complexity index is 1030. The SMILES string of the molecule is CCOc1ccc(CN(C)C(=O)c2sc3nc(C(C)(C)C)nc(C)c3c2C)cc1. The molecule has 1 amide bonds. The monoisotopic (exact) mass is 411 g/mol.